The van der Waals surface area contributed by atoms with Gasteiger partial charge in [0.1, 0.15) is 0 Å². The molecule has 0 aromatic carbocycles. The number of nitrogens with two attached hydrogens (primary N) is 1. The average molecular weight is 201 g/mol. The van der Waals surface area contributed by atoms with E-state index in [2.05, 4.69) is 10.7 Å². The lowest BCUT2D eigenvalue weighted by atomic mass is 10.2. The van der Waals surface area contributed by atoms with E-state index in [-0.39, 0.29) is 5.91 Å². The van der Waals surface area contributed by atoms with Crippen LogP contribution in [0.15, 0.2) is 0 Å². The Labute approximate surface area is 84.3 Å². The summed E-state index contributed by atoms with van der Waals surface area (Å²) in [4.78, 5) is 10.7. The summed E-state index contributed by atoms with van der Waals surface area (Å²) in [6.07, 6.45) is 3.99. The number of hydrogen-bond donors (Lipinski definition) is 3. The summed E-state index contributed by atoms with van der Waals surface area (Å²) in [5.41, 5.74) is 2.11. The number of rotatable bonds is 6. The van der Waals surface area contributed by atoms with Crippen LogP contribution in [0, 0.1) is 0 Å². The molecule has 0 radical (unpaired) electrons. The molecular formula is C9H19N3O2. The molecule has 1 fully saturated rings. The molecule has 1 heterocycles. The van der Waals surface area contributed by atoms with E-state index in [4.69, 9.17) is 10.6 Å². The molecule has 1 amide bonds. The van der Waals surface area contributed by atoms with E-state index in [0.29, 0.717) is 12.5 Å². The van der Waals surface area contributed by atoms with E-state index in [0.717, 1.165) is 32.5 Å². The fourth-order valence-corrected chi connectivity index (χ4v) is 1.51. The first-order valence-corrected chi connectivity index (χ1v) is 5.14. The van der Waals surface area contributed by atoms with Crippen LogP contribution in [-0.2, 0) is 9.53 Å². The summed E-state index contributed by atoms with van der Waals surface area (Å²) in [6, 6.07) is 0. The van der Waals surface area contributed by atoms with Gasteiger partial charge in [-0.3, -0.25) is 10.2 Å². The van der Waals surface area contributed by atoms with Gasteiger partial charge in [-0.1, -0.05) is 0 Å². The van der Waals surface area contributed by atoms with Gasteiger partial charge < -0.3 is 10.1 Å². The molecule has 1 unspecified atom stereocenters. The van der Waals surface area contributed by atoms with E-state index in [1.807, 2.05) is 0 Å². The van der Waals surface area contributed by atoms with Gasteiger partial charge in [-0.25, -0.2) is 5.84 Å². The van der Waals surface area contributed by atoms with Crippen molar-refractivity contribution in [2.75, 3.05) is 19.7 Å². The lowest BCUT2D eigenvalue weighted by Crippen LogP contribution is -2.31. The second-order valence-electron chi connectivity index (χ2n) is 3.51. The van der Waals surface area contributed by atoms with Crippen LogP contribution in [-0.4, -0.2) is 31.7 Å². The summed E-state index contributed by atoms with van der Waals surface area (Å²) < 4.78 is 5.44. The third-order valence-electron chi connectivity index (χ3n) is 2.31. The largest absolute Gasteiger partial charge is 0.377 e. The van der Waals surface area contributed by atoms with Crippen molar-refractivity contribution in [3.05, 3.63) is 0 Å². The molecule has 1 aliphatic heterocycles. The molecule has 0 saturated carbocycles. The maximum Gasteiger partial charge on any atom is 0.233 e. The van der Waals surface area contributed by atoms with Gasteiger partial charge in [-0.15, -0.1) is 0 Å². The Kier molecular flexibility index (Phi) is 5.51. The third-order valence-corrected chi connectivity index (χ3v) is 2.31. The number of amides is 1. The summed E-state index contributed by atoms with van der Waals surface area (Å²) in [5, 5.41) is 3.26. The van der Waals surface area contributed by atoms with Gasteiger partial charge in [0.25, 0.3) is 0 Å². The van der Waals surface area contributed by atoms with Gasteiger partial charge in [0.15, 0.2) is 0 Å². The Morgan fingerprint density at radius 3 is 3.07 bits per heavy atom. The second-order valence-corrected chi connectivity index (χ2v) is 3.51. The first-order chi connectivity index (χ1) is 6.83. The molecule has 1 atom stereocenters. The number of carbonyl (C=O) groups is 1. The van der Waals surface area contributed by atoms with Crippen molar-refractivity contribution >= 4 is 5.91 Å². The Morgan fingerprint density at radius 2 is 2.43 bits per heavy atom. The quantitative estimate of drug-likeness (QED) is 0.235. The van der Waals surface area contributed by atoms with Crippen molar-refractivity contribution < 1.29 is 9.53 Å². The number of hydrogen-bond acceptors (Lipinski definition) is 4. The Hall–Kier alpha value is -0.650. The van der Waals surface area contributed by atoms with Crippen LogP contribution >= 0.6 is 0 Å². The Bertz CT molecular complexity index is 169. The van der Waals surface area contributed by atoms with E-state index in [9.17, 15) is 4.79 Å². The monoisotopic (exact) mass is 201 g/mol. The zero-order chi connectivity index (χ0) is 10.2. The topological polar surface area (TPSA) is 76.4 Å². The van der Waals surface area contributed by atoms with Crippen molar-refractivity contribution in [2.45, 2.75) is 31.8 Å². The standard InChI is InChI=1S/C9H19N3O2/c10-12-9(13)4-1-5-11-7-8-3-2-6-14-8/h8,11H,1-7,10H2,(H,12,13). The number of ether oxygens (including phenoxy) is 1. The van der Waals surface area contributed by atoms with Gasteiger partial charge >= 0.3 is 0 Å². The highest BCUT2D eigenvalue weighted by molar-refractivity contribution is 5.75. The summed E-state index contributed by atoms with van der Waals surface area (Å²) >= 11 is 0. The maximum absolute atomic E-state index is 10.7. The van der Waals surface area contributed by atoms with Crippen molar-refractivity contribution in [1.82, 2.24) is 10.7 Å². The van der Waals surface area contributed by atoms with E-state index in [1.165, 1.54) is 6.42 Å². The molecule has 1 rings (SSSR count). The van der Waals surface area contributed by atoms with Gasteiger partial charge in [0, 0.05) is 19.6 Å². The third kappa shape index (κ3) is 4.55. The molecule has 4 N–H and O–H groups in total. The minimum absolute atomic E-state index is 0.107. The molecule has 0 bridgehead atoms. The van der Waals surface area contributed by atoms with Crippen LogP contribution in [0.3, 0.4) is 0 Å². The molecule has 5 nitrogen and oxygen atoms in total. The zero-order valence-corrected chi connectivity index (χ0v) is 8.42. The number of nitrogens with one attached hydrogen (secondary N) is 2. The average Bonchev–Trinajstić information content (AvgIpc) is 2.69. The smallest absolute Gasteiger partial charge is 0.233 e. The van der Waals surface area contributed by atoms with Crippen molar-refractivity contribution in [3.63, 3.8) is 0 Å². The predicted octanol–water partition coefficient (Wildman–Crippen LogP) is -0.475. The minimum Gasteiger partial charge on any atom is -0.377 e. The van der Waals surface area contributed by atoms with Gasteiger partial charge in [-0.2, -0.15) is 0 Å². The molecule has 5 heteroatoms. The lowest BCUT2D eigenvalue weighted by Gasteiger charge is -2.09. The first-order valence-electron chi connectivity index (χ1n) is 5.14. The summed E-state index contributed by atoms with van der Waals surface area (Å²) in [5.74, 6) is 4.84. The summed E-state index contributed by atoms with van der Waals surface area (Å²) in [6.45, 7) is 2.62. The van der Waals surface area contributed by atoms with Crippen LogP contribution in [0.4, 0.5) is 0 Å². The highest BCUT2D eigenvalue weighted by Gasteiger charge is 2.14. The highest BCUT2D eigenvalue weighted by Crippen LogP contribution is 2.10. The molecular weight excluding hydrogens is 182 g/mol. The molecule has 1 saturated heterocycles. The first kappa shape index (κ1) is 11.4. The fraction of sp³-hybridized carbons (Fsp3) is 0.889. The Balaban J connectivity index is 1.86. The molecule has 0 aromatic rings. The van der Waals surface area contributed by atoms with E-state index < -0.39 is 0 Å². The number of carbonyl (C=O) groups excluding carboxylic acids is 1. The fourth-order valence-electron chi connectivity index (χ4n) is 1.51. The Morgan fingerprint density at radius 1 is 1.57 bits per heavy atom. The molecule has 1 aliphatic rings. The van der Waals surface area contributed by atoms with Gasteiger partial charge in [-0.05, 0) is 25.8 Å². The minimum atomic E-state index is -0.107. The van der Waals surface area contributed by atoms with E-state index >= 15 is 0 Å². The lowest BCUT2D eigenvalue weighted by molar-refractivity contribution is -0.121. The van der Waals surface area contributed by atoms with Gasteiger partial charge in [0.2, 0.25) is 5.91 Å². The normalized spacial score (nSPS) is 21.1. The zero-order valence-electron chi connectivity index (χ0n) is 8.42. The van der Waals surface area contributed by atoms with Crippen LogP contribution in [0.5, 0.6) is 0 Å². The van der Waals surface area contributed by atoms with Crippen LogP contribution in [0.1, 0.15) is 25.7 Å². The van der Waals surface area contributed by atoms with Crippen LogP contribution in [0.25, 0.3) is 0 Å². The van der Waals surface area contributed by atoms with E-state index in [1.54, 1.807) is 0 Å². The maximum atomic E-state index is 10.7. The van der Waals surface area contributed by atoms with Crippen molar-refractivity contribution in [2.24, 2.45) is 5.84 Å². The molecule has 82 valence electrons. The highest BCUT2D eigenvalue weighted by atomic mass is 16.5. The molecule has 0 spiro atoms. The van der Waals surface area contributed by atoms with Crippen molar-refractivity contribution in [3.8, 4) is 0 Å². The summed E-state index contributed by atoms with van der Waals surface area (Å²) in [7, 11) is 0. The SMILES string of the molecule is NNC(=O)CCCNCC1CCCO1. The molecule has 14 heavy (non-hydrogen) atoms. The molecule has 0 aliphatic carbocycles. The van der Waals surface area contributed by atoms with Crippen molar-refractivity contribution in [1.29, 1.82) is 0 Å². The molecule has 0 aromatic heterocycles. The predicted molar refractivity (Wildman–Crippen MR) is 53.4 cm³/mol. The van der Waals surface area contributed by atoms with Crippen LogP contribution in [0.2, 0.25) is 0 Å². The second kappa shape index (κ2) is 6.75. The number of hydrazine groups is 1. The van der Waals surface area contributed by atoms with Crippen LogP contribution < -0.4 is 16.6 Å². The van der Waals surface area contributed by atoms with Gasteiger partial charge in [0.05, 0.1) is 6.10 Å².